The Kier molecular flexibility index (Phi) is 14.9. The molecular formula is C56H80O15. The van der Waals surface area contributed by atoms with Gasteiger partial charge in [-0.15, -0.1) is 0 Å². The van der Waals surface area contributed by atoms with Gasteiger partial charge in [-0.05, 0) is 122 Å². The molecule has 0 bridgehead atoms. The second-order valence-corrected chi connectivity index (χ2v) is 24.3. The van der Waals surface area contributed by atoms with Crippen LogP contribution >= 0.6 is 0 Å². The first-order chi connectivity index (χ1) is 33.3. The predicted molar refractivity (Wildman–Crippen MR) is 257 cm³/mol. The van der Waals surface area contributed by atoms with Crippen LogP contribution in [-0.4, -0.2) is 103 Å². The largest absolute Gasteiger partial charge is 0.460 e. The van der Waals surface area contributed by atoms with Gasteiger partial charge < -0.3 is 47.7 Å². The maximum absolute atomic E-state index is 14.6. The molecule has 0 amide bonds. The lowest BCUT2D eigenvalue weighted by Gasteiger charge is -2.71. The van der Waals surface area contributed by atoms with Crippen molar-refractivity contribution in [1.82, 2.24) is 0 Å². The van der Waals surface area contributed by atoms with Gasteiger partial charge in [-0.1, -0.05) is 90.4 Å². The van der Waals surface area contributed by atoms with E-state index in [1.807, 2.05) is 30.3 Å². The minimum absolute atomic E-state index is 0.0247. The third-order valence-electron chi connectivity index (χ3n) is 19.1. The van der Waals surface area contributed by atoms with Crippen molar-refractivity contribution in [3.63, 3.8) is 0 Å². The summed E-state index contributed by atoms with van der Waals surface area (Å²) in [5.41, 5.74) is 1.46. The van der Waals surface area contributed by atoms with Crippen LogP contribution < -0.4 is 0 Å². The Balaban J connectivity index is 1.05. The lowest BCUT2D eigenvalue weighted by atomic mass is 9.33. The van der Waals surface area contributed by atoms with Crippen LogP contribution in [-0.2, 0) is 73.2 Å². The first-order valence-electron chi connectivity index (χ1n) is 26.1. The highest BCUT2D eigenvalue weighted by molar-refractivity contribution is 5.79. The van der Waals surface area contributed by atoms with Gasteiger partial charge in [0.15, 0.2) is 37.0 Å². The maximum Gasteiger partial charge on any atom is 0.313 e. The van der Waals surface area contributed by atoms with Crippen molar-refractivity contribution in [2.45, 2.75) is 215 Å². The van der Waals surface area contributed by atoms with E-state index in [-0.39, 0.29) is 58.8 Å². The Bertz CT molecular complexity index is 2210. The second-order valence-electron chi connectivity index (χ2n) is 24.3. The second kappa shape index (κ2) is 19.8. The molecule has 2 heterocycles. The number of rotatable bonds is 11. The summed E-state index contributed by atoms with van der Waals surface area (Å²) in [5, 5.41) is 12.0. The van der Waals surface area contributed by atoms with E-state index < -0.39 is 90.0 Å². The normalized spacial score (nSPS) is 42.3. The minimum Gasteiger partial charge on any atom is -0.460 e. The average molecular weight is 993 g/mol. The molecule has 8 rings (SSSR count). The van der Waals surface area contributed by atoms with E-state index in [1.165, 1.54) is 33.3 Å². The molecule has 7 aliphatic rings. The quantitative estimate of drug-likeness (QED) is 0.0961. The summed E-state index contributed by atoms with van der Waals surface area (Å²) in [6, 6.07) is 9.98. The number of hydrogen-bond acceptors (Lipinski definition) is 15. The Morgan fingerprint density at radius 2 is 1.32 bits per heavy atom. The van der Waals surface area contributed by atoms with Crippen LogP contribution in [0, 0.1) is 50.2 Å². The molecule has 71 heavy (non-hydrogen) atoms. The Labute approximate surface area is 420 Å². The van der Waals surface area contributed by atoms with Crippen LogP contribution in [0.15, 0.2) is 42.0 Å². The van der Waals surface area contributed by atoms with Crippen molar-refractivity contribution < 1.29 is 71.7 Å². The summed E-state index contributed by atoms with van der Waals surface area (Å²) in [4.78, 5) is 64.0. The van der Waals surface area contributed by atoms with Crippen LogP contribution in [0.25, 0.3) is 0 Å². The number of aliphatic hydroxyl groups is 1. The summed E-state index contributed by atoms with van der Waals surface area (Å²) in [6.45, 7) is 23.3. The van der Waals surface area contributed by atoms with Gasteiger partial charge in [-0.3, -0.25) is 24.0 Å². The molecule has 1 aromatic rings. The number of ether oxygens (including phenoxy) is 9. The topological polar surface area (TPSA) is 189 Å². The van der Waals surface area contributed by atoms with Gasteiger partial charge >= 0.3 is 29.8 Å². The van der Waals surface area contributed by atoms with E-state index >= 15 is 0 Å². The van der Waals surface area contributed by atoms with Gasteiger partial charge in [0.25, 0.3) is 0 Å². The van der Waals surface area contributed by atoms with Crippen LogP contribution in [0.3, 0.4) is 0 Å². The standard InChI is InChI=1S/C56H80O15/c1-31-44(67-33(3)58)46(68-34(4)59)47(69-35(5)60)49(65-31)71-45-43(61)39(66-32(2)57)30-63-48(45)70-42-21-22-53(10)40(52(42,8)9)20-23-55(12)41(53)19-18-37-38-28-51(6,7)24-26-56(38,27-25-54(37,55)11)50(62)64-29-36-16-14-13-15-17-36/h13-18,31,38-49,61H,19-30H2,1-12H3/t31-,38-,39-,40-,41+,42-,43-,44-,45+,46+,47+,48-,49-,53-,54+,55+,56-/m0/s1. The fourth-order valence-corrected chi connectivity index (χ4v) is 15.4. The highest BCUT2D eigenvalue weighted by Gasteiger charge is 2.70. The molecule has 1 N–H and O–H groups in total. The lowest BCUT2D eigenvalue weighted by molar-refractivity contribution is -0.365. The molecule has 0 aromatic heterocycles. The molecule has 2 aliphatic heterocycles. The van der Waals surface area contributed by atoms with Gasteiger partial charge in [0, 0.05) is 27.7 Å². The SMILES string of the molecule is CC(=O)O[C@@H]1[C@@H](OC(C)=O)[C@H](C)O[C@@H](O[C@H]2[C@H](O[C@H]3CC[C@]4(C)[C@H]5CC=C6[C@@H]7CC(C)(C)CC[C@]7(C(=O)OCc7ccccc7)CC[C@@]6(C)[C@]5(C)CC[C@H]4C3(C)C)OC[C@H](OC(C)=O)[C@@H]2O)[C@@H]1OC(C)=O. The van der Waals surface area contributed by atoms with Crippen molar-refractivity contribution >= 4 is 29.8 Å². The van der Waals surface area contributed by atoms with E-state index in [1.54, 1.807) is 6.92 Å². The number of esters is 5. The Morgan fingerprint density at radius 3 is 1.99 bits per heavy atom. The van der Waals surface area contributed by atoms with Gasteiger partial charge in [0.2, 0.25) is 0 Å². The van der Waals surface area contributed by atoms with Crippen molar-refractivity contribution in [3.8, 4) is 0 Å². The highest BCUT2D eigenvalue weighted by Crippen LogP contribution is 2.76. The fourth-order valence-electron chi connectivity index (χ4n) is 15.4. The van der Waals surface area contributed by atoms with E-state index in [4.69, 9.17) is 42.6 Å². The van der Waals surface area contributed by atoms with Crippen LogP contribution in [0.1, 0.15) is 153 Å². The van der Waals surface area contributed by atoms with Crippen molar-refractivity contribution in [2.24, 2.45) is 50.2 Å². The number of carbonyl (C=O) groups excluding carboxylic acids is 5. The van der Waals surface area contributed by atoms with Gasteiger partial charge in [0.1, 0.15) is 18.8 Å². The molecule has 15 nitrogen and oxygen atoms in total. The Hall–Kier alpha value is -3.89. The van der Waals surface area contributed by atoms with Crippen molar-refractivity contribution in [1.29, 1.82) is 0 Å². The molecule has 6 fully saturated rings. The molecule has 4 saturated carbocycles. The van der Waals surface area contributed by atoms with Crippen molar-refractivity contribution in [3.05, 3.63) is 47.5 Å². The van der Waals surface area contributed by atoms with E-state index in [0.717, 1.165) is 63.4 Å². The minimum atomic E-state index is -1.49. The van der Waals surface area contributed by atoms with E-state index in [9.17, 15) is 29.1 Å². The molecule has 15 heteroatoms. The molecule has 1 aromatic carbocycles. The molecule has 0 unspecified atom stereocenters. The van der Waals surface area contributed by atoms with E-state index in [2.05, 4.69) is 54.5 Å². The summed E-state index contributed by atoms with van der Waals surface area (Å²) in [6.07, 6.45) is -0.309. The fraction of sp³-hybridized carbons (Fsp3) is 0.768. The lowest BCUT2D eigenvalue weighted by Crippen LogP contribution is -2.66. The number of benzene rings is 1. The van der Waals surface area contributed by atoms with Gasteiger partial charge in [-0.2, -0.15) is 0 Å². The summed E-state index contributed by atoms with van der Waals surface area (Å²) in [7, 11) is 0. The van der Waals surface area contributed by atoms with Crippen LogP contribution in [0.2, 0.25) is 0 Å². The monoisotopic (exact) mass is 993 g/mol. The summed E-state index contributed by atoms with van der Waals surface area (Å²) < 4.78 is 54.7. The predicted octanol–water partition coefficient (Wildman–Crippen LogP) is 8.49. The smallest absolute Gasteiger partial charge is 0.313 e. The molecule has 5 aliphatic carbocycles. The Morgan fingerprint density at radius 1 is 0.690 bits per heavy atom. The summed E-state index contributed by atoms with van der Waals surface area (Å²) in [5.74, 6) is -2.10. The number of carbonyl (C=O) groups is 5. The van der Waals surface area contributed by atoms with Crippen molar-refractivity contribution in [2.75, 3.05) is 6.61 Å². The van der Waals surface area contributed by atoms with Crippen LogP contribution in [0.4, 0.5) is 0 Å². The first kappa shape index (κ1) is 53.4. The van der Waals surface area contributed by atoms with E-state index in [0.29, 0.717) is 12.3 Å². The zero-order chi connectivity index (χ0) is 51.6. The maximum atomic E-state index is 14.6. The molecule has 0 radical (unpaired) electrons. The third kappa shape index (κ3) is 9.73. The molecular weight excluding hydrogens is 913 g/mol. The number of allylic oxidation sites excluding steroid dienone is 2. The highest BCUT2D eigenvalue weighted by atomic mass is 16.8. The summed E-state index contributed by atoms with van der Waals surface area (Å²) >= 11 is 0. The number of aliphatic hydroxyl groups excluding tert-OH is 1. The molecule has 2 saturated heterocycles. The first-order valence-corrected chi connectivity index (χ1v) is 26.1. The number of fused-ring (bicyclic) bond motifs is 7. The zero-order valence-electron chi connectivity index (χ0n) is 44.1. The zero-order valence-corrected chi connectivity index (χ0v) is 44.1. The molecule has 0 spiro atoms. The molecule has 17 atom stereocenters. The third-order valence-corrected chi connectivity index (χ3v) is 19.1. The van der Waals surface area contributed by atoms with Gasteiger partial charge in [0.05, 0.1) is 24.2 Å². The number of hydrogen-bond donors (Lipinski definition) is 1. The molecule has 394 valence electrons. The van der Waals surface area contributed by atoms with Crippen LogP contribution in [0.5, 0.6) is 0 Å². The average Bonchev–Trinajstić information content (AvgIpc) is 3.28. The van der Waals surface area contributed by atoms with Gasteiger partial charge in [-0.25, -0.2) is 0 Å².